The monoisotopic (exact) mass is 519 g/mol. The topological polar surface area (TPSA) is 100 Å². The lowest BCUT2D eigenvalue weighted by atomic mass is 9.87. The number of benzene rings is 3. The van der Waals surface area contributed by atoms with Crippen molar-refractivity contribution >= 4 is 23.5 Å². The highest BCUT2D eigenvalue weighted by Crippen LogP contribution is 2.27. The molecule has 0 atom stereocenters. The average molecular weight is 520 g/mol. The van der Waals surface area contributed by atoms with Crippen LogP contribution in [0.3, 0.4) is 0 Å². The molecule has 1 amide bonds. The predicted molar refractivity (Wildman–Crippen MR) is 144 cm³/mol. The third kappa shape index (κ3) is 7.12. The summed E-state index contributed by atoms with van der Waals surface area (Å²) in [5, 5.41) is 2.73. The fourth-order valence-corrected chi connectivity index (χ4v) is 3.72. The number of hydrogen-bond acceptors (Lipinski definition) is 7. The van der Waals surface area contributed by atoms with Crippen molar-refractivity contribution in [3.05, 3.63) is 88.5 Å². The lowest BCUT2D eigenvalue weighted by molar-refractivity contribution is 0.0598. The Kier molecular flexibility index (Phi) is 9.12. The van der Waals surface area contributed by atoms with Crippen LogP contribution < -0.4 is 14.8 Å². The fraction of sp³-hybridized carbons (Fsp3) is 0.300. The van der Waals surface area contributed by atoms with Crippen molar-refractivity contribution in [3.8, 4) is 11.5 Å². The van der Waals surface area contributed by atoms with E-state index >= 15 is 0 Å². The molecular weight excluding hydrogens is 486 g/mol. The van der Waals surface area contributed by atoms with Crippen molar-refractivity contribution in [2.75, 3.05) is 26.1 Å². The van der Waals surface area contributed by atoms with E-state index in [0.717, 1.165) is 0 Å². The Hall–Kier alpha value is -4.33. The normalized spacial score (nSPS) is 10.9. The minimum atomic E-state index is -0.651. The van der Waals surface area contributed by atoms with Crippen LogP contribution in [-0.2, 0) is 21.5 Å². The highest BCUT2D eigenvalue weighted by atomic mass is 16.5. The number of ether oxygens (including phenoxy) is 4. The molecule has 0 fully saturated rings. The molecule has 0 aliphatic heterocycles. The number of esters is 2. The summed E-state index contributed by atoms with van der Waals surface area (Å²) in [6.07, 6.45) is 0. The summed E-state index contributed by atoms with van der Waals surface area (Å²) in [5.41, 5.74) is 2.72. The number of carbonyl (C=O) groups is 3. The van der Waals surface area contributed by atoms with Crippen molar-refractivity contribution in [1.29, 1.82) is 0 Å². The van der Waals surface area contributed by atoms with Crippen LogP contribution >= 0.6 is 0 Å². The van der Waals surface area contributed by atoms with Gasteiger partial charge in [0.05, 0.1) is 32.0 Å². The smallest absolute Gasteiger partial charge is 0.337 e. The van der Waals surface area contributed by atoms with Crippen molar-refractivity contribution < 1.29 is 33.3 Å². The second-order valence-corrected chi connectivity index (χ2v) is 9.55. The fourth-order valence-electron chi connectivity index (χ4n) is 3.72. The molecule has 0 unspecified atom stereocenters. The highest BCUT2D eigenvalue weighted by Gasteiger charge is 2.17. The van der Waals surface area contributed by atoms with Crippen LogP contribution in [0.2, 0.25) is 0 Å². The van der Waals surface area contributed by atoms with Gasteiger partial charge in [-0.3, -0.25) is 4.79 Å². The predicted octanol–water partition coefficient (Wildman–Crippen LogP) is 5.79. The Bertz CT molecular complexity index is 1270. The van der Waals surface area contributed by atoms with Gasteiger partial charge in [0.1, 0.15) is 18.1 Å². The van der Waals surface area contributed by atoms with Gasteiger partial charge in [0, 0.05) is 16.8 Å². The molecule has 38 heavy (non-hydrogen) atoms. The first kappa shape index (κ1) is 28.2. The molecule has 3 aromatic rings. The number of rotatable bonds is 9. The summed E-state index contributed by atoms with van der Waals surface area (Å²) < 4.78 is 21.2. The Morgan fingerprint density at radius 3 is 1.89 bits per heavy atom. The number of nitrogens with one attached hydrogen (secondary N) is 1. The van der Waals surface area contributed by atoms with Gasteiger partial charge in [-0.15, -0.1) is 0 Å². The quantitative estimate of drug-likeness (QED) is 0.357. The Balaban J connectivity index is 1.83. The third-order valence-corrected chi connectivity index (χ3v) is 5.77. The van der Waals surface area contributed by atoms with Crippen LogP contribution in [0.5, 0.6) is 11.5 Å². The lowest BCUT2D eigenvalue weighted by Gasteiger charge is -2.19. The molecule has 0 spiro atoms. The van der Waals surface area contributed by atoms with Crippen LogP contribution in [0.15, 0.2) is 60.7 Å². The molecule has 8 nitrogen and oxygen atoms in total. The van der Waals surface area contributed by atoms with Crippen molar-refractivity contribution in [3.63, 3.8) is 0 Å². The maximum atomic E-state index is 13.1. The van der Waals surface area contributed by atoms with Crippen LogP contribution in [0.4, 0.5) is 5.69 Å². The van der Waals surface area contributed by atoms with Crippen molar-refractivity contribution in [1.82, 2.24) is 0 Å². The number of hydrogen-bond donors (Lipinski definition) is 1. The van der Waals surface area contributed by atoms with Crippen LogP contribution in [0.25, 0.3) is 0 Å². The van der Waals surface area contributed by atoms with Gasteiger partial charge in [-0.25, -0.2) is 9.59 Å². The summed E-state index contributed by atoms with van der Waals surface area (Å²) in [7, 11) is 2.46. The van der Waals surface area contributed by atoms with Crippen LogP contribution in [-0.4, -0.2) is 38.7 Å². The number of amides is 1. The van der Waals surface area contributed by atoms with E-state index in [-0.39, 0.29) is 28.8 Å². The van der Waals surface area contributed by atoms with Gasteiger partial charge in [0.15, 0.2) is 0 Å². The van der Waals surface area contributed by atoms with Gasteiger partial charge in [-0.1, -0.05) is 32.9 Å². The Morgan fingerprint density at radius 2 is 1.37 bits per heavy atom. The molecule has 200 valence electrons. The van der Waals surface area contributed by atoms with E-state index < -0.39 is 17.8 Å². The first-order chi connectivity index (χ1) is 18.0. The highest BCUT2D eigenvalue weighted by molar-refractivity contribution is 6.06. The number of methoxy groups -OCH3 is 2. The van der Waals surface area contributed by atoms with E-state index in [1.807, 2.05) is 31.2 Å². The SMILES string of the molecule is CCOc1ccc(C(=O)Nc2cc(C(=O)OC)cc(C(=O)OC)c2)cc1COc1ccc(C(C)(C)C)cc1. The van der Waals surface area contributed by atoms with Crippen LogP contribution in [0, 0.1) is 0 Å². The summed E-state index contributed by atoms with van der Waals surface area (Å²) in [4.78, 5) is 37.3. The minimum absolute atomic E-state index is 0.0380. The average Bonchev–Trinajstić information content (AvgIpc) is 2.91. The molecule has 3 rings (SSSR count). The maximum Gasteiger partial charge on any atom is 0.337 e. The largest absolute Gasteiger partial charge is 0.493 e. The molecule has 0 saturated heterocycles. The molecule has 0 saturated carbocycles. The molecule has 1 N–H and O–H groups in total. The summed E-state index contributed by atoms with van der Waals surface area (Å²) in [6, 6.07) is 17.1. The third-order valence-electron chi connectivity index (χ3n) is 5.77. The second kappa shape index (κ2) is 12.3. The van der Waals surface area contributed by atoms with Gasteiger partial charge in [-0.2, -0.15) is 0 Å². The van der Waals surface area contributed by atoms with Gasteiger partial charge < -0.3 is 24.3 Å². The first-order valence-corrected chi connectivity index (χ1v) is 12.2. The summed E-state index contributed by atoms with van der Waals surface area (Å²) >= 11 is 0. The van der Waals surface area contributed by atoms with E-state index in [9.17, 15) is 14.4 Å². The second-order valence-electron chi connectivity index (χ2n) is 9.55. The number of carbonyl (C=O) groups excluding carboxylic acids is 3. The van der Waals surface area contributed by atoms with Crippen LogP contribution in [0.1, 0.15) is 69.9 Å². The molecule has 0 radical (unpaired) electrons. The zero-order valence-corrected chi connectivity index (χ0v) is 22.5. The number of anilines is 1. The maximum absolute atomic E-state index is 13.1. The van der Waals surface area contributed by atoms with E-state index in [1.54, 1.807) is 18.2 Å². The standard InChI is InChI=1S/C30H33NO7/c1-7-37-26-13-8-19(14-22(26)18-38-25-11-9-23(10-12-25)30(2,3)4)27(32)31-24-16-20(28(33)35-5)15-21(17-24)29(34)36-6/h8-17H,7,18H2,1-6H3,(H,31,32). The van der Waals surface area contributed by atoms with Gasteiger partial charge in [-0.05, 0) is 66.4 Å². The zero-order valence-electron chi connectivity index (χ0n) is 22.5. The van der Waals surface area contributed by atoms with Crippen molar-refractivity contribution in [2.24, 2.45) is 0 Å². The molecular formula is C30H33NO7. The summed E-state index contributed by atoms with van der Waals surface area (Å²) in [5.74, 6) is -0.437. The summed E-state index contributed by atoms with van der Waals surface area (Å²) in [6.45, 7) is 8.97. The molecule has 0 aromatic heterocycles. The Morgan fingerprint density at radius 1 is 0.763 bits per heavy atom. The molecule has 0 heterocycles. The van der Waals surface area contributed by atoms with E-state index in [4.69, 9.17) is 18.9 Å². The van der Waals surface area contributed by atoms with E-state index in [0.29, 0.717) is 29.2 Å². The minimum Gasteiger partial charge on any atom is -0.493 e. The van der Waals surface area contributed by atoms with Gasteiger partial charge in [0.2, 0.25) is 0 Å². The lowest BCUT2D eigenvalue weighted by Crippen LogP contribution is -2.15. The Labute approximate surface area is 222 Å². The molecule has 0 aliphatic carbocycles. The van der Waals surface area contributed by atoms with Gasteiger partial charge >= 0.3 is 11.9 Å². The molecule has 0 bridgehead atoms. The van der Waals surface area contributed by atoms with Crippen molar-refractivity contribution in [2.45, 2.75) is 39.7 Å². The first-order valence-electron chi connectivity index (χ1n) is 12.2. The molecule has 8 heteroatoms. The molecule has 0 aliphatic rings. The van der Waals surface area contributed by atoms with Gasteiger partial charge in [0.25, 0.3) is 5.91 Å². The zero-order chi connectivity index (χ0) is 27.9. The molecule has 3 aromatic carbocycles. The van der Waals surface area contributed by atoms with E-state index in [1.165, 1.54) is 38.0 Å². The van der Waals surface area contributed by atoms with E-state index in [2.05, 4.69) is 26.1 Å².